The van der Waals surface area contributed by atoms with Crippen molar-refractivity contribution in [3.63, 3.8) is 0 Å². The number of benzene rings is 1. The topological polar surface area (TPSA) is 67.9 Å². The molecule has 1 aromatic carbocycles. The second-order valence-electron chi connectivity index (χ2n) is 7.77. The van der Waals surface area contributed by atoms with Crippen LogP contribution in [0.4, 0.5) is 5.69 Å². The van der Waals surface area contributed by atoms with Crippen molar-refractivity contribution >= 4 is 17.6 Å². The van der Waals surface area contributed by atoms with Crippen LogP contribution in [0.5, 0.6) is 0 Å². The molecule has 3 aliphatic rings. The highest BCUT2D eigenvalue weighted by Gasteiger charge is 2.60. The average Bonchev–Trinajstić information content (AvgIpc) is 3.23. The van der Waals surface area contributed by atoms with Gasteiger partial charge in [0.2, 0.25) is 5.91 Å². The number of methoxy groups -OCH3 is 2. The van der Waals surface area contributed by atoms with Crippen LogP contribution < -0.4 is 5.32 Å². The highest BCUT2D eigenvalue weighted by Crippen LogP contribution is 2.52. The van der Waals surface area contributed by atoms with E-state index in [1.807, 2.05) is 24.3 Å². The lowest BCUT2D eigenvalue weighted by Crippen LogP contribution is -2.53. The summed E-state index contributed by atoms with van der Waals surface area (Å²) in [7, 11) is 2.90. The van der Waals surface area contributed by atoms with E-state index in [1.54, 1.807) is 0 Å². The molecule has 2 saturated heterocycles. The molecule has 6 heteroatoms. The van der Waals surface area contributed by atoms with E-state index in [-0.39, 0.29) is 23.8 Å². The summed E-state index contributed by atoms with van der Waals surface area (Å²) in [5, 5.41) is 3.07. The second-order valence-corrected chi connectivity index (χ2v) is 7.77. The van der Waals surface area contributed by atoms with Gasteiger partial charge in [0.15, 0.2) is 0 Å². The summed E-state index contributed by atoms with van der Waals surface area (Å²) >= 11 is 0. The number of carbonyl (C=O) groups is 2. The quantitative estimate of drug-likeness (QED) is 0.375. The molecule has 0 unspecified atom stereocenters. The van der Waals surface area contributed by atoms with Crippen LogP contribution in [0, 0.1) is 11.8 Å². The van der Waals surface area contributed by atoms with E-state index in [2.05, 4.69) is 22.9 Å². The van der Waals surface area contributed by atoms with Crippen LogP contribution in [0.2, 0.25) is 0 Å². The number of fused-ring (bicyclic) bond motifs is 4. The van der Waals surface area contributed by atoms with Crippen LogP contribution in [-0.4, -0.2) is 50.1 Å². The fourth-order valence-electron chi connectivity index (χ4n) is 5.38. The first-order valence-corrected chi connectivity index (χ1v) is 9.65. The Balaban J connectivity index is 1.75. The van der Waals surface area contributed by atoms with E-state index in [0.29, 0.717) is 12.0 Å². The maximum absolute atomic E-state index is 13.2. The Labute approximate surface area is 165 Å². The fraction of sp³-hybridized carbons (Fsp3) is 0.455. The molecule has 2 fully saturated rings. The van der Waals surface area contributed by atoms with Crippen molar-refractivity contribution in [2.24, 2.45) is 11.8 Å². The number of nitrogens with one attached hydrogen (secondary N) is 1. The molecular formula is C22H26N2O4. The van der Waals surface area contributed by atoms with Crippen molar-refractivity contribution < 1.29 is 19.1 Å². The zero-order chi connectivity index (χ0) is 19.9. The van der Waals surface area contributed by atoms with Gasteiger partial charge >= 0.3 is 5.97 Å². The van der Waals surface area contributed by atoms with Gasteiger partial charge < -0.3 is 14.8 Å². The first kappa shape index (κ1) is 18.7. The number of para-hydroxylation sites is 1. The number of rotatable bonds is 4. The van der Waals surface area contributed by atoms with Crippen molar-refractivity contribution in [1.29, 1.82) is 0 Å². The van der Waals surface area contributed by atoms with Crippen LogP contribution in [0.3, 0.4) is 0 Å². The summed E-state index contributed by atoms with van der Waals surface area (Å²) in [5.41, 5.74) is 1.90. The van der Waals surface area contributed by atoms with Gasteiger partial charge in [-0.25, -0.2) is 4.79 Å². The molecular weight excluding hydrogens is 356 g/mol. The predicted molar refractivity (Wildman–Crippen MR) is 106 cm³/mol. The van der Waals surface area contributed by atoms with E-state index >= 15 is 0 Å². The summed E-state index contributed by atoms with van der Waals surface area (Å²) in [6.07, 6.45) is 4.83. The third-order valence-corrected chi connectivity index (χ3v) is 6.67. The molecule has 4 atom stereocenters. The Bertz CT molecular complexity index is 849. The van der Waals surface area contributed by atoms with Gasteiger partial charge in [-0.2, -0.15) is 0 Å². The second kappa shape index (κ2) is 7.09. The summed E-state index contributed by atoms with van der Waals surface area (Å²) in [6.45, 7) is 5.60. The molecule has 0 aliphatic carbocycles. The molecule has 1 aromatic rings. The van der Waals surface area contributed by atoms with Gasteiger partial charge in [0.25, 0.3) is 0 Å². The lowest BCUT2D eigenvalue weighted by molar-refractivity contribution is -0.137. The maximum Gasteiger partial charge on any atom is 0.337 e. The van der Waals surface area contributed by atoms with Gasteiger partial charge in [-0.05, 0) is 36.9 Å². The first-order valence-electron chi connectivity index (χ1n) is 9.65. The smallest absolute Gasteiger partial charge is 0.337 e. The van der Waals surface area contributed by atoms with Crippen LogP contribution in [0.25, 0.3) is 0 Å². The SMILES string of the molecule is C=C[C@@H]1CN2CC[C@@]3(C(=O)Nc4ccccc43)[C@@H]2C[C@@H]1C(=COC)C(=O)OC. The number of anilines is 1. The molecule has 0 radical (unpaired) electrons. The summed E-state index contributed by atoms with van der Waals surface area (Å²) in [4.78, 5) is 28.0. The molecule has 3 heterocycles. The Morgan fingerprint density at radius 2 is 2.14 bits per heavy atom. The van der Waals surface area contributed by atoms with Crippen molar-refractivity contribution in [2.75, 3.05) is 32.6 Å². The number of amides is 1. The van der Waals surface area contributed by atoms with Crippen LogP contribution in [0.15, 0.2) is 48.8 Å². The van der Waals surface area contributed by atoms with Gasteiger partial charge in [-0.3, -0.25) is 9.69 Å². The van der Waals surface area contributed by atoms with E-state index in [1.165, 1.54) is 20.5 Å². The number of carbonyl (C=O) groups excluding carboxylic acids is 2. The van der Waals surface area contributed by atoms with Gasteiger partial charge in [-0.1, -0.05) is 24.3 Å². The molecule has 0 saturated carbocycles. The first-order chi connectivity index (χ1) is 13.6. The number of hydrogen-bond acceptors (Lipinski definition) is 5. The highest BCUT2D eigenvalue weighted by atomic mass is 16.5. The van der Waals surface area contributed by atoms with E-state index in [4.69, 9.17) is 9.47 Å². The molecule has 4 rings (SSSR count). The normalized spacial score (nSPS) is 31.9. The van der Waals surface area contributed by atoms with Crippen molar-refractivity contribution in [1.82, 2.24) is 4.90 Å². The molecule has 148 valence electrons. The van der Waals surface area contributed by atoms with Crippen molar-refractivity contribution in [3.8, 4) is 0 Å². The standard InChI is InChI=1S/C22H26N2O4/c1-4-14-12-24-10-9-22(17-7-5-6-8-18(17)23-21(22)26)19(24)11-15(14)16(13-27-2)20(25)28-3/h4-8,13-15,19H,1,9-12H2,2-3H3,(H,23,26)/t14-,15+,19+,22+/m1/s1. The van der Waals surface area contributed by atoms with Crippen LogP contribution in [0.1, 0.15) is 18.4 Å². The monoisotopic (exact) mass is 382 g/mol. The van der Waals surface area contributed by atoms with Crippen molar-refractivity contribution in [2.45, 2.75) is 24.3 Å². The minimum Gasteiger partial charge on any atom is -0.504 e. The lowest BCUT2D eigenvalue weighted by atomic mass is 9.68. The zero-order valence-corrected chi connectivity index (χ0v) is 16.3. The molecule has 0 bridgehead atoms. The molecule has 6 nitrogen and oxygen atoms in total. The summed E-state index contributed by atoms with van der Waals surface area (Å²) in [5.74, 6) is -0.351. The van der Waals surface area contributed by atoms with Gasteiger partial charge in [-0.15, -0.1) is 6.58 Å². The highest BCUT2D eigenvalue weighted by molar-refractivity contribution is 6.07. The Morgan fingerprint density at radius 3 is 2.86 bits per heavy atom. The lowest BCUT2D eigenvalue weighted by Gasteiger charge is -2.44. The number of nitrogens with zero attached hydrogens (tertiary/aromatic N) is 1. The number of esters is 1. The van der Waals surface area contributed by atoms with Crippen LogP contribution in [-0.2, 0) is 24.5 Å². The predicted octanol–water partition coefficient (Wildman–Crippen LogP) is 2.48. The number of piperidine rings is 1. The average molecular weight is 382 g/mol. The third-order valence-electron chi connectivity index (χ3n) is 6.67. The molecule has 1 N–H and O–H groups in total. The fourth-order valence-corrected chi connectivity index (χ4v) is 5.38. The minimum atomic E-state index is -0.574. The molecule has 3 aliphatic heterocycles. The summed E-state index contributed by atoms with van der Waals surface area (Å²) in [6, 6.07) is 7.96. The molecule has 1 amide bonds. The molecule has 28 heavy (non-hydrogen) atoms. The van der Waals surface area contributed by atoms with E-state index in [9.17, 15) is 9.59 Å². The largest absolute Gasteiger partial charge is 0.504 e. The zero-order valence-electron chi connectivity index (χ0n) is 16.3. The van der Waals surface area contributed by atoms with E-state index in [0.717, 1.165) is 30.8 Å². The molecule has 1 spiro atoms. The number of ether oxygens (including phenoxy) is 2. The van der Waals surface area contributed by atoms with Gasteiger partial charge in [0.05, 0.1) is 31.5 Å². The Kier molecular flexibility index (Phi) is 4.75. The minimum absolute atomic E-state index is 0.0160. The third kappa shape index (κ3) is 2.58. The van der Waals surface area contributed by atoms with Crippen LogP contribution >= 0.6 is 0 Å². The van der Waals surface area contributed by atoms with E-state index < -0.39 is 11.4 Å². The Hall–Kier alpha value is -2.60. The summed E-state index contributed by atoms with van der Waals surface area (Å²) < 4.78 is 10.2. The van der Waals surface area contributed by atoms with Gasteiger partial charge in [0.1, 0.15) is 0 Å². The number of hydrogen-bond donors (Lipinski definition) is 1. The maximum atomic E-state index is 13.2. The van der Waals surface area contributed by atoms with Gasteiger partial charge in [0, 0.05) is 24.2 Å². The molecule has 0 aromatic heterocycles. The Morgan fingerprint density at radius 1 is 1.36 bits per heavy atom. The van der Waals surface area contributed by atoms with Crippen molar-refractivity contribution in [3.05, 3.63) is 54.3 Å².